The number of nitrogens with zero attached hydrogens (tertiary/aromatic N) is 1. The van der Waals surface area contributed by atoms with E-state index in [1.54, 1.807) is 0 Å². The minimum absolute atomic E-state index is 0.274. The van der Waals surface area contributed by atoms with Crippen molar-refractivity contribution in [2.75, 3.05) is 0 Å². The van der Waals surface area contributed by atoms with Gasteiger partial charge in [-0.1, -0.05) is 24.3 Å². The first-order valence-electron chi connectivity index (χ1n) is 5.42. The van der Waals surface area contributed by atoms with Gasteiger partial charge in [0.1, 0.15) is 5.82 Å². The maximum atomic E-state index is 13.5. The third-order valence-corrected chi connectivity index (χ3v) is 2.69. The Balaban J connectivity index is 2.78. The third kappa shape index (κ3) is 2.47. The first kappa shape index (κ1) is 14.0. The molecule has 0 fully saturated rings. The van der Waals surface area contributed by atoms with E-state index in [2.05, 4.69) is 0 Å². The Morgan fingerprint density at radius 1 is 0.950 bits per heavy atom. The highest BCUT2D eigenvalue weighted by atomic mass is 19.4. The topological polar surface area (TPSA) is 43.1 Å². The van der Waals surface area contributed by atoms with Crippen LogP contribution in [0.4, 0.5) is 23.2 Å². The van der Waals surface area contributed by atoms with Gasteiger partial charge in [-0.3, -0.25) is 10.1 Å². The number of nitro benzene ring substituents is 1. The Labute approximate surface area is 110 Å². The van der Waals surface area contributed by atoms with Gasteiger partial charge in [0, 0.05) is 11.6 Å². The number of rotatable bonds is 2. The molecule has 0 spiro atoms. The Hall–Kier alpha value is -2.44. The molecule has 20 heavy (non-hydrogen) atoms. The minimum Gasteiger partial charge on any atom is -0.258 e. The van der Waals surface area contributed by atoms with Crippen molar-refractivity contribution in [3.05, 3.63) is 64.0 Å². The van der Waals surface area contributed by atoms with Crippen molar-refractivity contribution in [3.8, 4) is 11.1 Å². The molecule has 0 bridgehead atoms. The van der Waals surface area contributed by atoms with E-state index in [4.69, 9.17) is 0 Å². The first-order chi connectivity index (χ1) is 9.32. The zero-order chi connectivity index (χ0) is 14.9. The fourth-order valence-electron chi connectivity index (χ4n) is 1.90. The van der Waals surface area contributed by atoms with Crippen molar-refractivity contribution in [3.63, 3.8) is 0 Å². The van der Waals surface area contributed by atoms with Crippen LogP contribution < -0.4 is 0 Å². The molecule has 0 N–H and O–H groups in total. The van der Waals surface area contributed by atoms with E-state index in [-0.39, 0.29) is 5.56 Å². The van der Waals surface area contributed by atoms with Gasteiger partial charge in [-0.25, -0.2) is 4.39 Å². The molecule has 0 aliphatic carbocycles. The number of nitro groups is 1. The molecule has 0 aliphatic heterocycles. The van der Waals surface area contributed by atoms with Crippen LogP contribution in [-0.2, 0) is 6.18 Å². The molecular weight excluding hydrogens is 278 g/mol. The van der Waals surface area contributed by atoms with Crippen LogP contribution in [0.3, 0.4) is 0 Å². The maximum absolute atomic E-state index is 13.5. The van der Waals surface area contributed by atoms with Gasteiger partial charge in [-0.05, 0) is 12.1 Å². The summed E-state index contributed by atoms with van der Waals surface area (Å²) >= 11 is 0. The second kappa shape index (κ2) is 4.92. The lowest BCUT2D eigenvalue weighted by molar-refractivity contribution is -0.384. The summed E-state index contributed by atoms with van der Waals surface area (Å²) in [6.45, 7) is 0. The summed E-state index contributed by atoms with van der Waals surface area (Å²) in [5.41, 5.74) is -2.84. The van der Waals surface area contributed by atoms with Gasteiger partial charge in [0.05, 0.1) is 16.1 Å². The number of halogens is 4. The van der Waals surface area contributed by atoms with Crippen LogP contribution in [0.1, 0.15) is 5.56 Å². The van der Waals surface area contributed by atoms with E-state index in [1.807, 2.05) is 0 Å². The number of hydrogen-bond acceptors (Lipinski definition) is 2. The maximum Gasteiger partial charge on any atom is 0.419 e. The lowest BCUT2D eigenvalue weighted by Gasteiger charge is -2.13. The van der Waals surface area contributed by atoms with Crippen molar-refractivity contribution >= 4 is 5.69 Å². The van der Waals surface area contributed by atoms with Gasteiger partial charge in [-0.2, -0.15) is 13.2 Å². The average Bonchev–Trinajstić information content (AvgIpc) is 2.36. The Bertz CT molecular complexity index is 668. The number of hydrogen-bond donors (Lipinski definition) is 0. The molecule has 0 atom stereocenters. The predicted molar refractivity (Wildman–Crippen MR) is 63.5 cm³/mol. The zero-order valence-electron chi connectivity index (χ0n) is 9.82. The molecule has 0 saturated carbocycles. The summed E-state index contributed by atoms with van der Waals surface area (Å²) in [5.74, 6) is -1.46. The molecule has 0 amide bonds. The van der Waals surface area contributed by atoms with E-state index >= 15 is 0 Å². The molecule has 2 aromatic rings. The second-order valence-electron chi connectivity index (χ2n) is 3.93. The number of para-hydroxylation sites is 1. The highest BCUT2D eigenvalue weighted by Gasteiger charge is 2.38. The summed E-state index contributed by atoms with van der Waals surface area (Å²) < 4.78 is 52.2. The Morgan fingerprint density at radius 3 is 2.15 bits per heavy atom. The van der Waals surface area contributed by atoms with Gasteiger partial charge in [0.15, 0.2) is 0 Å². The predicted octanol–water partition coefficient (Wildman–Crippen LogP) is 4.42. The highest BCUT2D eigenvalue weighted by Crippen LogP contribution is 2.41. The lowest BCUT2D eigenvalue weighted by Crippen LogP contribution is -2.10. The van der Waals surface area contributed by atoms with Crippen molar-refractivity contribution in [1.29, 1.82) is 0 Å². The van der Waals surface area contributed by atoms with Gasteiger partial charge in [0.25, 0.3) is 5.69 Å². The molecule has 0 heterocycles. The molecule has 0 aliphatic rings. The molecule has 0 unspecified atom stereocenters. The zero-order valence-corrected chi connectivity index (χ0v) is 9.82. The summed E-state index contributed by atoms with van der Waals surface area (Å²) in [7, 11) is 0. The van der Waals surface area contributed by atoms with Gasteiger partial charge < -0.3 is 0 Å². The highest BCUT2D eigenvalue weighted by molar-refractivity contribution is 5.76. The molecule has 0 radical (unpaired) electrons. The van der Waals surface area contributed by atoms with Crippen LogP contribution in [0.25, 0.3) is 11.1 Å². The molecule has 7 heteroatoms. The Kier molecular flexibility index (Phi) is 3.44. The summed E-state index contributed by atoms with van der Waals surface area (Å²) in [6.07, 6.45) is -4.94. The minimum atomic E-state index is -4.94. The Morgan fingerprint density at radius 2 is 1.55 bits per heavy atom. The van der Waals surface area contributed by atoms with Crippen molar-refractivity contribution in [2.45, 2.75) is 6.18 Å². The standard InChI is InChI=1S/C13H7F4NO2/c14-10-6-3-5-9(12(10)13(15,16)17)8-4-1-2-7-11(8)18(19)20/h1-7H. The lowest BCUT2D eigenvalue weighted by atomic mass is 9.97. The third-order valence-electron chi connectivity index (χ3n) is 2.69. The van der Waals surface area contributed by atoms with Crippen molar-refractivity contribution in [1.82, 2.24) is 0 Å². The van der Waals surface area contributed by atoms with Crippen LogP contribution in [0, 0.1) is 15.9 Å². The van der Waals surface area contributed by atoms with E-state index in [9.17, 15) is 27.7 Å². The quantitative estimate of drug-likeness (QED) is 0.465. The molecule has 2 rings (SSSR count). The molecule has 3 nitrogen and oxygen atoms in total. The van der Waals surface area contributed by atoms with Crippen molar-refractivity contribution in [2.24, 2.45) is 0 Å². The van der Waals surface area contributed by atoms with Crippen molar-refractivity contribution < 1.29 is 22.5 Å². The number of alkyl halides is 3. The van der Waals surface area contributed by atoms with E-state index in [0.717, 1.165) is 24.3 Å². The monoisotopic (exact) mass is 285 g/mol. The van der Waals surface area contributed by atoms with E-state index in [0.29, 0.717) is 6.07 Å². The molecule has 2 aromatic carbocycles. The summed E-state index contributed by atoms with van der Waals surface area (Å²) in [4.78, 5) is 10.1. The molecular formula is C13H7F4NO2. The first-order valence-corrected chi connectivity index (χ1v) is 5.42. The molecule has 0 saturated heterocycles. The smallest absolute Gasteiger partial charge is 0.258 e. The summed E-state index contributed by atoms with van der Waals surface area (Å²) in [6, 6.07) is 7.66. The summed E-state index contributed by atoms with van der Waals surface area (Å²) in [5, 5.41) is 10.9. The fraction of sp³-hybridized carbons (Fsp3) is 0.0769. The average molecular weight is 285 g/mol. The van der Waals surface area contributed by atoms with Crippen LogP contribution in [0.5, 0.6) is 0 Å². The SMILES string of the molecule is O=[N+]([O-])c1ccccc1-c1cccc(F)c1C(F)(F)F. The van der Waals surface area contributed by atoms with Gasteiger partial charge in [0.2, 0.25) is 0 Å². The molecule has 104 valence electrons. The van der Waals surface area contributed by atoms with Crippen LogP contribution in [0.2, 0.25) is 0 Å². The largest absolute Gasteiger partial charge is 0.419 e. The second-order valence-corrected chi connectivity index (χ2v) is 3.93. The van der Waals surface area contributed by atoms with Crippen LogP contribution in [-0.4, -0.2) is 4.92 Å². The van der Waals surface area contributed by atoms with Gasteiger partial charge in [-0.15, -0.1) is 0 Å². The fourth-order valence-corrected chi connectivity index (χ4v) is 1.90. The van der Waals surface area contributed by atoms with Crippen LogP contribution in [0.15, 0.2) is 42.5 Å². The van der Waals surface area contributed by atoms with Gasteiger partial charge >= 0.3 is 6.18 Å². The molecule has 0 aromatic heterocycles. The van der Waals surface area contributed by atoms with E-state index in [1.165, 1.54) is 12.1 Å². The van der Waals surface area contributed by atoms with E-state index < -0.39 is 33.7 Å². The number of benzene rings is 2. The normalized spacial score (nSPS) is 11.4. The van der Waals surface area contributed by atoms with Crippen LogP contribution >= 0.6 is 0 Å².